The van der Waals surface area contributed by atoms with Crippen LogP contribution in [0.15, 0.2) is 42.6 Å². The molecule has 4 rings (SSSR count). The fraction of sp³-hybridized carbons (Fsp3) is 0.278. The van der Waals surface area contributed by atoms with Gasteiger partial charge in [-0.3, -0.25) is 10.00 Å². The van der Waals surface area contributed by atoms with Gasteiger partial charge in [0.15, 0.2) is 0 Å². The van der Waals surface area contributed by atoms with Crippen LogP contribution in [0.5, 0.6) is 0 Å². The number of halogens is 2. The molecule has 0 aliphatic carbocycles. The van der Waals surface area contributed by atoms with E-state index in [9.17, 15) is 0 Å². The number of nitrogens with one attached hydrogen (secondary N) is 2. The average molecular weight is 361 g/mol. The molecule has 0 amide bonds. The smallest absolute Gasteiger partial charge is 0.0651 e. The Morgan fingerprint density at radius 3 is 2.96 bits per heavy atom. The van der Waals surface area contributed by atoms with Crippen molar-refractivity contribution in [2.75, 3.05) is 18.4 Å². The quantitative estimate of drug-likeness (QED) is 0.716. The maximum Gasteiger partial charge on any atom is 0.0651 e. The summed E-state index contributed by atoms with van der Waals surface area (Å²) in [6, 6.07) is 12.6. The van der Waals surface area contributed by atoms with Crippen molar-refractivity contribution in [2.24, 2.45) is 0 Å². The number of H-pyrrole nitrogens is 1. The molecule has 0 bridgehead atoms. The maximum absolute atomic E-state index is 6.10. The first kappa shape index (κ1) is 15.8. The number of hydrogen-bond donors (Lipinski definition) is 2. The van der Waals surface area contributed by atoms with Crippen LogP contribution in [0.2, 0.25) is 10.0 Å². The van der Waals surface area contributed by atoms with E-state index in [1.807, 2.05) is 24.4 Å². The molecule has 1 fully saturated rings. The molecular formula is C18H18Cl2N4. The highest BCUT2D eigenvalue weighted by Gasteiger charge is 2.22. The van der Waals surface area contributed by atoms with Crippen molar-refractivity contribution < 1.29 is 0 Å². The van der Waals surface area contributed by atoms with Crippen LogP contribution in [-0.2, 0) is 6.54 Å². The number of aromatic amines is 1. The molecule has 2 aromatic carbocycles. The number of hydrogen-bond acceptors (Lipinski definition) is 3. The van der Waals surface area contributed by atoms with Crippen LogP contribution in [0.25, 0.3) is 10.9 Å². The number of nitrogens with zero attached hydrogens (tertiary/aromatic N) is 2. The molecule has 0 unspecified atom stereocenters. The third-order valence-corrected chi connectivity index (χ3v) is 5.21. The van der Waals surface area contributed by atoms with E-state index < -0.39 is 0 Å². The summed E-state index contributed by atoms with van der Waals surface area (Å²) in [4.78, 5) is 2.44. The van der Waals surface area contributed by atoms with Crippen molar-refractivity contribution in [3.8, 4) is 0 Å². The van der Waals surface area contributed by atoms with Gasteiger partial charge >= 0.3 is 0 Å². The fourth-order valence-electron chi connectivity index (χ4n) is 3.26. The van der Waals surface area contributed by atoms with Gasteiger partial charge in [0.1, 0.15) is 0 Å². The fourth-order valence-corrected chi connectivity index (χ4v) is 3.58. The Hall–Kier alpha value is -1.75. The van der Waals surface area contributed by atoms with Gasteiger partial charge in [0.05, 0.1) is 21.8 Å². The Balaban J connectivity index is 1.38. The van der Waals surface area contributed by atoms with Crippen molar-refractivity contribution in [3.63, 3.8) is 0 Å². The van der Waals surface area contributed by atoms with Crippen molar-refractivity contribution in [1.29, 1.82) is 0 Å². The van der Waals surface area contributed by atoms with Crippen LogP contribution in [0, 0.1) is 0 Å². The molecule has 0 spiro atoms. The molecule has 24 heavy (non-hydrogen) atoms. The van der Waals surface area contributed by atoms with Crippen molar-refractivity contribution in [1.82, 2.24) is 15.1 Å². The predicted molar refractivity (Wildman–Crippen MR) is 99.9 cm³/mol. The predicted octanol–water partition coefficient (Wildman–Crippen LogP) is 4.56. The monoisotopic (exact) mass is 360 g/mol. The molecule has 1 aliphatic rings. The molecule has 0 saturated carbocycles. The second-order valence-electron chi connectivity index (χ2n) is 6.29. The highest BCUT2D eigenvalue weighted by molar-refractivity contribution is 6.42. The van der Waals surface area contributed by atoms with E-state index in [1.54, 1.807) is 0 Å². The third-order valence-electron chi connectivity index (χ3n) is 4.47. The SMILES string of the molecule is Clc1ccc(CN2CC[C@@H](Nc3ccc4[nH]ncc4c3)C2)cc1Cl. The van der Waals surface area contributed by atoms with Gasteiger partial charge in [-0.2, -0.15) is 5.10 Å². The first-order chi connectivity index (χ1) is 11.7. The first-order valence-electron chi connectivity index (χ1n) is 8.03. The topological polar surface area (TPSA) is 44.0 Å². The maximum atomic E-state index is 6.10. The van der Waals surface area contributed by atoms with Gasteiger partial charge in [-0.05, 0) is 42.3 Å². The first-order valence-corrected chi connectivity index (χ1v) is 8.79. The molecule has 1 saturated heterocycles. The van der Waals surface area contributed by atoms with Gasteiger partial charge < -0.3 is 5.32 Å². The minimum absolute atomic E-state index is 0.456. The number of benzene rings is 2. The summed E-state index contributed by atoms with van der Waals surface area (Å²) in [5.41, 5.74) is 3.41. The molecule has 0 radical (unpaired) electrons. The van der Waals surface area contributed by atoms with Gasteiger partial charge in [-0.25, -0.2) is 0 Å². The molecule has 1 aromatic heterocycles. The van der Waals surface area contributed by atoms with E-state index in [0.717, 1.165) is 42.6 Å². The van der Waals surface area contributed by atoms with Gasteiger partial charge in [-0.15, -0.1) is 0 Å². The summed E-state index contributed by atoms with van der Waals surface area (Å²) in [6.45, 7) is 2.99. The Morgan fingerprint density at radius 1 is 1.17 bits per heavy atom. The molecule has 1 atom stereocenters. The summed E-state index contributed by atoms with van der Waals surface area (Å²) in [6.07, 6.45) is 2.98. The molecule has 1 aliphatic heterocycles. The number of aromatic nitrogens is 2. The van der Waals surface area contributed by atoms with Gasteiger partial charge in [0, 0.05) is 36.7 Å². The molecule has 2 heterocycles. The molecule has 3 aromatic rings. The minimum atomic E-state index is 0.456. The third kappa shape index (κ3) is 3.36. The summed E-state index contributed by atoms with van der Waals surface area (Å²) in [5, 5.41) is 13.0. The second-order valence-corrected chi connectivity index (χ2v) is 7.10. The van der Waals surface area contributed by atoms with Crippen LogP contribution >= 0.6 is 23.2 Å². The standard InChI is InChI=1S/C18H18Cl2N4/c19-16-3-1-12(7-17(16)20)10-24-6-5-15(11-24)22-14-2-4-18-13(8-14)9-21-23-18/h1-4,7-9,15,22H,5-6,10-11H2,(H,21,23)/t15-/m1/s1. The summed E-state index contributed by atoms with van der Waals surface area (Å²) >= 11 is 12.1. The molecule has 124 valence electrons. The zero-order chi connectivity index (χ0) is 16.5. The van der Waals surface area contributed by atoms with Crippen molar-refractivity contribution >= 4 is 39.8 Å². The van der Waals surface area contributed by atoms with Crippen LogP contribution in [0.4, 0.5) is 5.69 Å². The van der Waals surface area contributed by atoms with Gasteiger partial charge in [0.2, 0.25) is 0 Å². The Bertz CT molecular complexity index is 861. The summed E-state index contributed by atoms with van der Waals surface area (Å²) in [5.74, 6) is 0. The lowest BCUT2D eigenvalue weighted by Crippen LogP contribution is -2.25. The van der Waals surface area contributed by atoms with E-state index in [0.29, 0.717) is 16.1 Å². The van der Waals surface area contributed by atoms with E-state index in [-0.39, 0.29) is 0 Å². The van der Waals surface area contributed by atoms with Crippen LogP contribution in [0.3, 0.4) is 0 Å². The Kier molecular flexibility index (Phi) is 4.35. The lowest BCUT2D eigenvalue weighted by Gasteiger charge is -2.18. The van der Waals surface area contributed by atoms with Crippen molar-refractivity contribution in [2.45, 2.75) is 19.0 Å². The molecule has 6 heteroatoms. The molecule has 2 N–H and O–H groups in total. The van der Waals surface area contributed by atoms with Crippen molar-refractivity contribution in [3.05, 3.63) is 58.2 Å². The van der Waals surface area contributed by atoms with Crippen LogP contribution in [0.1, 0.15) is 12.0 Å². The number of anilines is 1. The lowest BCUT2D eigenvalue weighted by atomic mass is 10.2. The minimum Gasteiger partial charge on any atom is -0.381 e. The van der Waals surface area contributed by atoms with Gasteiger partial charge in [0.25, 0.3) is 0 Å². The molecular weight excluding hydrogens is 343 g/mol. The number of likely N-dealkylation sites (tertiary alicyclic amines) is 1. The normalized spacial score (nSPS) is 18.3. The molecule has 4 nitrogen and oxygen atoms in total. The van der Waals surface area contributed by atoms with E-state index in [1.165, 1.54) is 5.56 Å². The highest BCUT2D eigenvalue weighted by Crippen LogP contribution is 2.25. The van der Waals surface area contributed by atoms with Crippen LogP contribution in [-0.4, -0.2) is 34.2 Å². The number of rotatable bonds is 4. The van der Waals surface area contributed by atoms with E-state index in [2.05, 4.69) is 38.6 Å². The Labute approximate surface area is 150 Å². The summed E-state index contributed by atoms with van der Waals surface area (Å²) < 4.78 is 0. The highest BCUT2D eigenvalue weighted by atomic mass is 35.5. The van der Waals surface area contributed by atoms with E-state index >= 15 is 0 Å². The lowest BCUT2D eigenvalue weighted by molar-refractivity contribution is 0.328. The van der Waals surface area contributed by atoms with E-state index in [4.69, 9.17) is 23.2 Å². The van der Waals surface area contributed by atoms with Crippen LogP contribution < -0.4 is 5.32 Å². The largest absolute Gasteiger partial charge is 0.381 e. The number of fused-ring (bicyclic) bond motifs is 1. The second kappa shape index (κ2) is 6.63. The summed E-state index contributed by atoms with van der Waals surface area (Å²) in [7, 11) is 0. The zero-order valence-electron chi connectivity index (χ0n) is 13.1. The van der Waals surface area contributed by atoms with Gasteiger partial charge in [-0.1, -0.05) is 29.3 Å². The zero-order valence-corrected chi connectivity index (χ0v) is 14.6. The average Bonchev–Trinajstić information content (AvgIpc) is 3.20. The Morgan fingerprint density at radius 2 is 2.08 bits per heavy atom.